The van der Waals surface area contributed by atoms with Gasteiger partial charge in [0.05, 0.1) is 27.7 Å². The maximum absolute atomic E-state index is 12.6. The van der Waals surface area contributed by atoms with Gasteiger partial charge in [0.1, 0.15) is 5.56 Å². The summed E-state index contributed by atoms with van der Waals surface area (Å²) in [4.78, 5) is 31.9. The van der Waals surface area contributed by atoms with Crippen LogP contribution in [-0.4, -0.2) is 28.8 Å². The van der Waals surface area contributed by atoms with Crippen molar-refractivity contribution in [3.8, 4) is 0 Å². The summed E-state index contributed by atoms with van der Waals surface area (Å²) in [7, 11) is 0. The monoisotopic (exact) mass is 320 g/mol. The van der Waals surface area contributed by atoms with E-state index in [1.807, 2.05) is 12.3 Å². The Morgan fingerprint density at radius 2 is 2.29 bits per heavy atom. The zero-order chi connectivity index (χ0) is 15.0. The van der Waals surface area contributed by atoms with Gasteiger partial charge < -0.3 is 9.72 Å². The fourth-order valence-electron chi connectivity index (χ4n) is 2.12. The number of esters is 1. The lowest BCUT2D eigenvalue weighted by Crippen LogP contribution is -2.18. The van der Waals surface area contributed by atoms with E-state index < -0.39 is 5.97 Å². The minimum Gasteiger partial charge on any atom is -0.462 e. The fraction of sp³-hybridized carbons (Fsp3) is 0.214. The van der Waals surface area contributed by atoms with Crippen LogP contribution >= 0.6 is 23.1 Å². The average molecular weight is 320 g/mol. The van der Waals surface area contributed by atoms with E-state index in [0.29, 0.717) is 10.9 Å². The van der Waals surface area contributed by atoms with Crippen molar-refractivity contribution in [2.45, 2.75) is 11.3 Å². The first-order valence-electron chi connectivity index (χ1n) is 6.31. The van der Waals surface area contributed by atoms with E-state index in [1.165, 1.54) is 29.3 Å². The van der Waals surface area contributed by atoms with Crippen LogP contribution in [0.25, 0.3) is 21.1 Å². The van der Waals surface area contributed by atoms with Crippen LogP contribution in [0.5, 0.6) is 0 Å². The second-order valence-corrected chi connectivity index (χ2v) is 6.32. The number of thioether (sulfide) groups is 1. The first-order valence-corrected chi connectivity index (χ1v) is 8.36. The summed E-state index contributed by atoms with van der Waals surface area (Å²) >= 11 is 2.99. The fourth-order valence-corrected chi connectivity index (χ4v) is 3.73. The lowest BCUT2D eigenvalue weighted by molar-refractivity contribution is 0.0524. The van der Waals surface area contributed by atoms with E-state index in [-0.39, 0.29) is 17.6 Å². The minimum atomic E-state index is -0.604. The number of carbonyl (C=O) groups excluding carboxylic acids is 1. The van der Waals surface area contributed by atoms with Crippen LogP contribution in [0.1, 0.15) is 17.3 Å². The Morgan fingerprint density at radius 1 is 1.48 bits per heavy atom. The zero-order valence-electron chi connectivity index (χ0n) is 11.4. The van der Waals surface area contributed by atoms with Crippen LogP contribution in [0.2, 0.25) is 0 Å². The third-order valence-corrected chi connectivity index (χ3v) is 5.13. The van der Waals surface area contributed by atoms with Gasteiger partial charge in [0.25, 0.3) is 0 Å². The number of fused-ring (bicyclic) bond motifs is 3. The molecule has 0 aliphatic rings. The largest absolute Gasteiger partial charge is 0.462 e. The molecule has 2 heterocycles. The van der Waals surface area contributed by atoms with Crippen LogP contribution in [0, 0.1) is 0 Å². The number of hydrogen-bond donors (Lipinski definition) is 1. The van der Waals surface area contributed by atoms with Crippen LogP contribution in [0.4, 0.5) is 0 Å². The summed E-state index contributed by atoms with van der Waals surface area (Å²) in [6.45, 7) is 1.94. The predicted octanol–water partition coefficient (Wildman–Crippen LogP) is 3.04. The van der Waals surface area contributed by atoms with Crippen molar-refractivity contribution in [2.75, 3.05) is 12.9 Å². The topological polar surface area (TPSA) is 72.1 Å². The molecule has 0 fully saturated rings. The van der Waals surface area contributed by atoms with Gasteiger partial charge in [-0.1, -0.05) is 11.8 Å². The molecule has 0 bridgehead atoms. The summed E-state index contributed by atoms with van der Waals surface area (Å²) < 4.78 is 6.60. The van der Waals surface area contributed by atoms with Gasteiger partial charge in [-0.25, -0.2) is 9.78 Å². The number of aromatic nitrogens is 2. The molecule has 3 rings (SSSR count). The van der Waals surface area contributed by atoms with Gasteiger partial charge in [0.2, 0.25) is 5.43 Å². The number of carbonyl (C=O) groups is 1. The minimum absolute atomic E-state index is 0.0240. The number of hydrogen-bond acceptors (Lipinski definition) is 6. The van der Waals surface area contributed by atoms with Crippen molar-refractivity contribution in [2.24, 2.45) is 0 Å². The number of thiazole rings is 1. The van der Waals surface area contributed by atoms with E-state index in [4.69, 9.17) is 4.74 Å². The van der Waals surface area contributed by atoms with Gasteiger partial charge in [-0.3, -0.25) is 4.79 Å². The number of ether oxygens (including phenoxy) is 1. The zero-order valence-corrected chi connectivity index (χ0v) is 13.1. The number of nitrogens with one attached hydrogen (secondary N) is 1. The quantitative estimate of drug-likeness (QED) is 0.593. The molecule has 2 aromatic heterocycles. The lowest BCUT2D eigenvalue weighted by Gasteiger charge is -2.03. The van der Waals surface area contributed by atoms with Gasteiger partial charge >= 0.3 is 5.97 Å². The Hall–Kier alpha value is -1.86. The summed E-state index contributed by atoms with van der Waals surface area (Å²) in [6.07, 6.45) is 3.35. The van der Waals surface area contributed by atoms with Crippen LogP contribution in [0.3, 0.4) is 0 Å². The van der Waals surface area contributed by atoms with Crippen molar-refractivity contribution in [3.05, 3.63) is 34.1 Å². The highest BCUT2D eigenvalue weighted by Crippen LogP contribution is 2.31. The first-order chi connectivity index (χ1) is 10.2. The Balaban J connectivity index is 2.34. The van der Waals surface area contributed by atoms with Gasteiger partial charge in [-0.15, -0.1) is 11.3 Å². The van der Waals surface area contributed by atoms with Gasteiger partial charge in [-0.05, 0) is 25.3 Å². The smallest absolute Gasteiger partial charge is 0.343 e. The SMILES string of the molecule is CCOC(=O)c1c[nH]c2ccc3nc(SC)sc3c2c1=O. The molecule has 0 atom stereocenters. The molecule has 0 aliphatic carbocycles. The third-order valence-electron chi connectivity index (χ3n) is 3.05. The van der Waals surface area contributed by atoms with Gasteiger partial charge in [0.15, 0.2) is 4.34 Å². The Bertz CT molecular complexity index is 898. The first kappa shape index (κ1) is 14.1. The normalized spacial score (nSPS) is 11.1. The van der Waals surface area contributed by atoms with E-state index in [2.05, 4.69) is 9.97 Å². The highest BCUT2D eigenvalue weighted by molar-refractivity contribution is 8.00. The number of pyridine rings is 1. The van der Waals surface area contributed by atoms with Crippen molar-refractivity contribution in [3.63, 3.8) is 0 Å². The molecule has 3 aromatic rings. The van der Waals surface area contributed by atoms with Crippen LogP contribution < -0.4 is 5.43 Å². The predicted molar refractivity (Wildman–Crippen MR) is 85.5 cm³/mol. The lowest BCUT2D eigenvalue weighted by atomic mass is 10.1. The molecular weight excluding hydrogens is 308 g/mol. The standard InChI is InChI=1S/C14H12N2O3S2/c1-3-19-13(18)7-6-15-8-4-5-9-12(10(8)11(7)17)21-14(16-9)20-2/h4-6H,3H2,1-2H3,(H,15,17). The maximum atomic E-state index is 12.6. The van der Waals surface area contributed by atoms with Crippen LogP contribution in [-0.2, 0) is 4.74 Å². The summed E-state index contributed by atoms with van der Waals surface area (Å²) in [5.74, 6) is -0.604. The van der Waals surface area contributed by atoms with Crippen molar-refractivity contribution in [1.82, 2.24) is 9.97 Å². The molecule has 1 N–H and O–H groups in total. The van der Waals surface area contributed by atoms with E-state index in [9.17, 15) is 9.59 Å². The highest BCUT2D eigenvalue weighted by Gasteiger charge is 2.17. The summed E-state index contributed by atoms with van der Waals surface area (Å²) in [5.41, 5.74) is 1.17. The van der Waals surface area contributed by atoms with E-state index in [1.54, 1.807) is 13.0 Å². The Kier molecular flexibility index (Phi) is 3.69. The van der Waals surface area contributed by atoms with Crippen molar-refractivity contribution in [1.29, 1.82) is 0 Å². The molecule has 108 valence electrons. The summed E-state index contributed by atoms with van der Waals surface area (Å²) in [6, 6.07) is 3.67. The molecule has 0 unspecified atom stereocenters. The number of aromatic amines is 1. The molecule has 0 spiro atoms. The molecule has 1 aromatic carbocycles. The molecular formula is C14H12N2O3S2. The third kappa shape index (κ3) is 2.32. The van der Waals surface area contributed by atoms with Crippen molar-refractivity contribution >= 4 is 50.2 Å². The Labute approximate surface area is 128 Å². The molecule has 0 amide bonds. The molecule has 0 radical (unpaired) electrons. The second kappa shape index (κ2) is 5.50. The van der Waals surface area contributed by atoms with E-state index >= 15 is 0 Å². The maximum Gasteiger partial charge on any atom is 0.343 e. The highest BCUT2D eigenvalue weighted by atomic mass is 32.2. The molecule has 0 saturated heterocycles. The van der Waals surface area contributed by atoms with Gasteiger partial charge in [0, 0.05) is 6.20 Å². The van der Waals surface area contributed by atoms with Crippen LogP contribution in [0.15, 0.2) is 27.5 Å². The molecule has 5 nitrogen and oxygen atoms in total. The molecule has 0 aliphatic heterocycles. The molecule has 21 heavy (non-hydrogen) atoms. The molecule has 7 heteroatoms. The van der Waals surface area contributed by atoms with Gasteiger partial charge in [-0.2, -0.15) is 0 Å². The number of H-pyrrole nitrogens is 1. The van der Waals surface area contributed by atoms with Crippen molar-refractivity contribution < 1.29 is 9.53 Å². The molecule has 0 saturated carbocycles. The number of rotatable bonds is 3. The van der Waals surface area contributed by atoms with E-state index in [0.717, 1.165) is 14.6 Å². The second-order valence-electron chi connectivity index (χ2n) is 4.27. The Morgan fingerprint density at radius 3 is 3.00 bits per heavy atom. The number of benzene rings is 1. The number of nitrogens with zero attached hydrogens (tertiary/aromatic N) is 1. The average Bonchev–Trinajstić information content (AvgIpc) is 2.90. The summed E-state index contributed by atoms with van der Waals surface area (Å²) in [5, 5.41) is 0.496.